The molecule has 1 N–H and O–H groups in total. The number of benzene rings is 1. The van der Waals surface area contributed by atoms with Crippen molar-refractivity contribution in [1.82, 2.24) is 10.2 Å². The van der Waals surface area contributed by atoms with Gasteiger partial charge in [0.25, 0.3) is 0 Å². The Morgan fingerprint density at radius 2 is 1.81 bits per heavy atom. The molecule has 0 spiro atoms. The predicted molar refractivity (Wildman–Crippen MR) is 89.7 cm³/mol. The molecule has 2 heteroatoms. The predicted octanol–water partition coefficient (Wildman–Crippen LogP) is 3.43. The first-order valence-corrected chi connectivity index (χ1v) is 8.70. The number of rotatable bonds is 6. The van der Waals surface area contributed by atoms with Crippen molar-refractivity contribution in [2.75, 3.05) is 26.2 Å². The molecule has 1 aliphatic carbocycles. The van der Waals surface area contributed by atoms with E-state index in [-0.39, 0.29) is 0 Å². The molecule has 0 bridgehead atoms. The van der Waals surface area contributed by atoms with E-state index in [1.807, 2.05) is 0 Å². The van der Waals surface area contributed by atoms with Crippen LogP contribution < -0.4 is 5.32 Å². The van der Waals surface area contributed by atoms with E-state index in [1.165, 1.54) is 38.8 Å². The second-order valence-electron chi connectivity index (χ2n) is 7.45. The van der Waals surface area contributed by atoms with Crippen LogP contribution in [0.3, 0.4) is 0 Å². The standard InChI is InChI=1S/C19H30N2/c1-16(2)14-21(18-8-9-18)15-19(10-12-20-13-11-19)17-6-4-3-5-7-17/h3-7,16,18,20H,8-15H2,1-2H3. The molecule has 0 unspecified atom stereocenters. The highest BCUT2D eigenvalue weighted by atomic mass is 15.2. The molecule has 2 nitrogen and oxygen atoms in total. The van der Waals surface area contributed by atoms with Gasteiger partial charge in [-0.2, -0.15) is 0 Å². The second-order valence-corrected chi connectivity index (χ2v) is 7.45. The lowest BCUT2D eigenvalue weighted by Gasteiger charge is -2.42. The lowest BCUT2D eigenvalue weighted by atomic mass is 9.72. The molecule has 0 atom stereocenters. The van der Waals surface area contributed by atoms with Gasteiger partial charge in [0.2, 0.25) is 0 Å². The molecule has 1 aromatic carbocycles. The van der Waals surface area contributed by atoms with Crippen LogP contribution in [-0.2, 0) is 5.41 Å². The van der Waals surface area contributed by atoms with Crippen molar-refractivity contribution in [3.63, 3.8) is 0 Å². The van der Waals surface area contributed by atoms with Crippen LogP contribution in [-0.4, -0.2) is 37.1 Å². The van der Waals surface area contributed by atoms with Crippen LogP contribution >= 0.6 is 0 Å². The minimum Gasteiger partial charge on any atom is -0.317 e. The second kappa shape index (κ2) is 6.50. The van der Waals surface area contributed by atoms with E-state index in [4.69, 9.17) is 0 Å². The highest BCUT2D eigenvalue weighted by Gasteiger charge is 2.39. The summed E-state index contributed by atoms with van der Waals surface area (Å²) in [7, 11) is 0. The average molecular weight is 286 g/mol. The number of hydrogen-bond donors (Lipinski definition) is 1. The van der Waals surface area contributed by atoms with Crippen molar-refractivity contribution in [2.24, 2.45) is 5.92 Å². The third kappa shape index (κ3) is 3.67. The zero-order valence-corrected chi connectivity index (χ0v) is 13.6. The molecule has 2 fully saturated rings. The summed E-state index contributed by atoms with van der Waals surface area (Å²) in [5, 5.41) is 3.55. The van der Waals surface area contributed by atoms with Gasteiger partial charge in [-0.15, -0.1) is 0 Å². The fraction of sp³-hybridized carbons (Fsp3) is 0.684. The number of nitrogens with zero attached hydrogens (tertiary/aromatic N) is 1. The van der Waals surface area contributed by atoms with Crippen molar-refractivity contribution in [2.45, 2.75) is 51.0 Å². The lowest BCUT2D eigenvalue weighted by molar-refractivity contribution is 0.153. The summed E-state index contributed by atoms with van der Waals surface area (Å²) in [6.07, 6.45) is 5.38. The van der Waals surface area contributed by atoms with Gasteiger partial charge in [-0.3, -0.25) is 4.90 Å². The van der Waals surface area contributed by atoms with Gasteiger partial charge < -0.3 is 5.32 Å². The van der Waals surface area contributed by atoms with E-state index in [9.17, 15) is 0 Å². The third-order valence-electron chi connectivity index (χ3n) is 5.12. The maximum Gasteiger partial charge on any atom is 0.0104 e. The number of nitrogens with one attached hydrogen (secondary N) is 1. The van der Waals surface area contributed by atoms with E-state index in [0.29, 0.717) is 5.41 Å². The van der Waals surface area contributed by atoms with Crippen LogP contribution in [0.1, 0.15) is 45.1 Å². The summed E-state index contributed by atoms with van der Waals surface area (Å²) < 4.78 is 0. The van der Waals surface area contributed by atoms with Gasteiger partial charge >= 0.3 is 0 Å². The van der Waals surface area contributed by atoms with Crippen LogP contribution in [0, 0.1) is 5.92 Å². The Morgan fingerprint density at radius 3 is 2.38 bits per heavy atom. The molecule has 1 aliphatic heterocycles. The van der Waals surface area contributed by atoms with Crippen LogP contribution in [0.15, 0.2) is 30.3 Å². The van der Waals surface area contributed by atoms with Crippen molar-refractivity contribution in [3.8, 4) is 0 Å². The van der Waals surface area contributed by atoms with E-state index in [2.05, 4.69) is 54.4 Å². The van der Waals surface area contributed by atoms with Crippen molar-refractivity contribution in [3.05, 3.63) is 35.9 Å². The highest BCUT2D eigenvalue weighted by molar-refractivity contribution is 5.27. The van der Waals surface area contributed by atoms with Crippen LogP contribution in [0.25, 0.3) is 0 Å². The normalized spacial score (nSPS) is 21.9. The largest absolute Gasteiger partial charge is 0.317 e. The van der Waals surface area contributed by atoms with Gasteiger partial charge in [0, 0.05) is 24.5 Å². The van der Waals surface area contributed by atoms with Crippen molar-refractivity contribution < 1.29 is 0 Å². The maximum atomic E-state index is 3.55. The molecule has 0 amide bonds. The van der Waals surface area contributed by atoms with Crippen LogP contribution in [0.4, 0.5) is 0 Å². The van der Waals surface area contributed by atoms with Gasteiger partial charge in [0.05, 0.1) is 0 Å². The summed E-state index contributed by atoms with van der Waals surface area (Å²) in [6.45, 7) is 9.54. The molecule has 3 rings (SSSR count). The molecule has 1 saturated heterocycles. The minimum absolute atomic E-state index is 0.365. The first kappa shape index (κ1) is 15.1. The van der Waals surface area contributed by atoms with Gasteiger partial charge in [-0.1, -0.05) is 44.2 Å². The summed E-state index contributed by atoms with van der Waals surface area (Å²) in [4.78, 5) is 2.79. The Balaban J connectivity index is 1.81. The first-order valence-electron chi connectivity index (χ1n) is 8.70. The smallest absolute Gasteiger partial charge is 0.0104 e. The quantitative estimate of drug-likeness (QED) is 0.862. The molecule has 21 heavy (non-hydrogen) atoms. The summed E-state index contributed by atoms with van der Waals surface area (Å²) >= 11 is 0. The van der Waals surface area contributed by atoms with Gasteiger partial charge in [0.1, 0.15) is 0 Å². The summed E-state index contributed by atoms with van der Waals surface area (Å²) in [5.74, 6) is 0.764. The molecule has 1 saturated carbocycles. The Hall–Kier alpha value is -0.860. The molecule has 0 aromatic heterocycles. The zero-order chi connectivity index (χ0) is 14.7. The number of hydrogen-bond acceptors (Lipinski definition) is 2. The maximum absolute atomic E-state index is 3.55. The Bertz CT molecular complexity index is 430. The SMILES string of the molecule is CC(C)CN(CC1(c2ccccc2)CCNCC1)C1CC1. The molecule has 1 heterocycles. The van der Waals surface area contributed by atoms with Crippen LogP contribution in [0.2, 0.25) is 0 Å². The van der Waals surface area contributed by atoms with Gasteiger partial charge in [0.15, 0.2) is 0 Å². The topological polar surface area (TPSA) is 15.3 Å². The Morgan fingerprint density at radius 1 is 1.14 bits per heavy atom. The molecule has 0 radical (unpaired) electrons. The average Bonchev–Trinajstić information content (AvgIpc) is 3.33. The third-order valence-corrected chi connectivity index (χ3v) is 5.12. The summed E-state index contributed by atoms with van der Waals surface area (Å²) in [5.41, 5.74) is 1.92. The molecule has 2 aliphatic rings. The van der Waals surface area contributed by atoms with E-state index < -0.39 is 0 Å². The van der Waals surface area contributed by atoms with E-state index in [0.717, 1.165) is 25.0 Å². The van der Waals surface area contributed by atoms with Crippen molar-refractivity contribution >= 4 is 0 Å². The molecular weight excluding hydrogens is 256 g/mol. The Kier molecular flexibility index (Phi) is 4.66. The van der Waals surface area contributed by atoms with E-state index >= 15 is 0 Å². The van der Waals surface area contributed by atoms with Crippen LogP contribution in [0.5, 0.6) is 0 Å². The molecule has 116 valence electrons. The molecular formula is C19H30N2. The monoisotopic (exact) mass is 286 g/mol. The minimum atomic E-state index is 0.365. The molecule has 1 aromatic rings. The van der Waals surface area contributed by atoms with E-state index in [1.54, 1.807) is 5.56 Å². The first-order chi connectivity index (χ1) is 10.2. The highest BCUT2D eigenvalue weighted by Crippen LogP contribution is 2.38. The zero-order valence-electron chi connectivity index (χ0n) is 13.6. The fourth-order valence-electron chi connectivity index (χ4n) is 3.88. The lowest BCUT2D eigenvalue weighted by Crippen LogP contribution is -2.49. The Labute approximate surface area is 129 Å². The van der Waals surface area contributed by atoms with Gasteiger partial charge in [-0.25, -0.2) is 0 Å². The van der Waals surface area contributed by atoms with Gasteiger partial charge in [-0.05, 0) is 50.3 Å². The van der Waals surface area contributed by atoms with Crippen molar-refractivity contribution in [1.29, 1.82) is 0 Å². The fourth-order valence-corrected chi connectivity index (χ4v) is 3.88. The number of piperidine rings is 1. The summed E-state index contributed by atoms with van der Waals surface area (Å²) in [6, 6.07) is 12.1.